The molecule has 0 unspecified atom stereocenters. The highest BCUT2D eigenvalue weighted by Gasteiger charge is 2.15. The van der Waals surface area contributed by atoms with E-state index in [-0.39, 0.29) is 5.78 Å². The first-order valence-corrected chi connectivity index (χ1v) is 7.57. The molecular formula is C13H10Br2O2S. The number of carbonyl (C=O) groups is 1. The van der Waals surface area contributed by atoms with Gasteiger partial charge in [0.1, 0.15) is 5.75 Å². The van der Waals surface area contributed by atoms with E-state index in [0.717, 1.165) is 24.4 Å². The van der Waals surface area contributed by atoms with Crippen molar-refractivity contribution in [2.24, 2.45) is 0 Å². The van der Waals surface area contributed by atoms with Crippen LogP contribution < -0.4 is 4.74 Å². The maximum absolute atomic E-state index is 12.4. The summed E-state index contributed by atoms with van der Waals surface area (Å²) in [6.07, 6.45) is 0. The molecule has 0 N–H and O–H groups in total. The summed E-state index contributed by atoms with van der Waals surface area (Å²) >= 11 is 8.35. The number of carbonyl (C=O) groups excluding carboxylic acids is 1. The Kier molecular flexibility index (Phi) is 4.25. The summed E-state index contributed by atoms with van der Waals surface area (Å²) < 4.78 is 6.90. The summed E-state index contributed by atoms with van der Waals surface area (Å²) in [6.45, 7) is 1.95. The minimum atomic E-state index is 0.0257. The molecule has 0 radical (unpaired) electrons. The van der Waals surface area contributed by atoms with Gasteiger partial charge in [-0.05, 0) is 63.0 Å². The van der Waals surface area contributed by atoms with Crippen molar-refractivity contribution in [3.8, 4) is 5.75 Å². The van der Waals surface area contributed by atoms with Gasteiger partial charge >= 0.3 is 0 Å². The van der Waals surface area contributed by atoms with Gasteiger partial charge in [0.25, 0.3) is 0 Å². The predicted octanol–water partition coefficient (Wildman–Crippen LogP) is 4.82. The van der Waals surface area contributed by atoms with E-state index in [1.807, 2.05) is 13.0 Å². The lowest BCUT2D eigenvalue weighted by Gasteiger charge is -2.05. The SMILES string of the molecule is COc1ccc(C(=O)c2cc(Br)sc2C)cc1Br. The van der Waals surface area contributed by atoms with E-state index in [0.29, 0.717) is 5.56 Å². The molecule has 1 heterocycles. The van der Waals surface area contributed by atoms with Crippen LogP contribution in [0.2, 0.25) is 0 Å². The fourth-order valence-corrected chi connectivity index (χ4v) is 3.86. The van der Waals surface area contributed by atoms with Crippen LogP contribution >= 0.6 is 43.2 Å². The second-order valence-corrected chi connectivity index (χ2v) is 7.19. The topological polar surface area (TPSA) is 26.3 Å². The van der Waals surface area contributed by atoms with Crippen molar-refractivity contribution in [2.45, 2.75) is 6.92 Å². The van der Waals surface area contributed by atoms with Gasteiger partial charge in [0, 0.05) is 16.0 Å². The third kappa shape index (κ3) is 2.68. The number of halogens is 2. The second kappa shape index (κ2) is 5.55. The predicted molar refractivity (Wildman–Crippen MR) is 80.9 cm³/mol. The number of hydrogen-bond donors (Lipinski definition) is 0. The molecule has 0 spiro atoms. The number of ether oxygens (including phenoxy) is 1. The molecule has 0 saturated carbocycles. The van der Waals surface area contributed by atoms with E-state index in [2.05, 4.69) is 31.9 Å². The van der Waals surface area contributed by atoms with Crippen molar-refractivity contribution in [3.63, 3.8) is 0 Å². The number of aryl methyl sites for hydroxylation is 1. The zero-order valence-electron chi connectivity index (χ0n) is 9.79. The molecule has 0 amide bonds. The summed E-state index contributed by atoms with van der Waals surface area (Å²) in [6, 6.07) is 7.21. The van der Waals surface area contributed by atoms with Crippen LogP contribution in [0, 0.1) is 6.92 Å². The molecule has 0 aliphatic rings. The summed E-state index contributed by atoms with van der Waals surface area (Å²) in [5.41, 5.74) is 1.39. The highest BCUT2D eigenvalue weighted by atomic mass is 79.9. The lowest BCUT2D eigenvalue weighted by molar-refractivity contribution is 0.103. The average Bonchev–Trinajstić information content (AvgIpc) is 2.67. The average molecular weight is 390 g/mol. The van der Waals surface area contributed by atoms with Crippen LogP contribution in [0.25, 0.3) is 0 Å². The molecule has 2 nitrogen and oxygen atoms in total. The molecule has 0 bridgehead atoms. The van der Waals surface area contributed by atoms with Gasteiger partial charge in [-0.15, -0.1) is 11.3 Å². The van der Waals surface area contributed by atoms with Crippen molar-refractivity contribution in [2.75, 3.05) is 7.11 Å². The first-order chi connectivity index (χ1) is 8.52. The highest BCUT2D eigenvalue weighted by Crippen LogP contribution is 2.30. The number of hydrogen-bond acceptors (Lipinski definition) is 3. The van der Waals surface area contributed by atoms with Crippen molar-refractivity contribution >= 4 is 49.0 Å². The van der Waals surface area contributed by atoms with E-state index in [1.54, 1.807) is 36.6 Å². The minimum absolute atomic E-state index is 0.0257. The van der Waals surface area contributed by atoms with Gasteiger partial charge in [-0.2, -0.15) is 0 Å². The number of ketones is 1. The summed E-state index contributed by atoms with van der Waals surface area (Å²) in [7, 11) is 1.60. The van der Waals surface area contributed by atoms with Gasteiger partial charge in [0.2, 0.25) is 0 Å². The van der Waals surface area contributed by atoms with Crippen molar-refractivity contribution in [1.82, 2.24) is 0 Å². The van der Waals surface area contributed by atoms with Gasteiger partial charge in [-0.25, -0.2) is 0 Å². The van der Waals surface area contributed by atoms with Crippen LogP contribution in [-0.2, 0) is 0 Å². The molecule has 94 valence electrons. The van der Waals surface area contributed by atoms with E-state index in [4.69, 9.17) is 4.74 Å². The molecule has 18 heavy (non-hydrogen) atoms. The van der Waals surface area contributed by atoms with Gasteiger partial charge in [0.05, 0.1) is 15.4 Å². The first-order valence-electron chi connectivity index (χ1n) is 5.17. The Morgan fingerprint density at radius 1 is 1.28 bits per heavy atom. The van der Waals surface area contributed by atoms with Gasteiger partial charge in [-0.3, -0.25) is 4.79 Å². The Bertz CT molecular complexity index is 605. The van der Waals surface area contributed by atoms with Crippen molar-refractivity contribution < 1.29 is 9.53 Å². The standard InChI is InChI=1S/C13H10Br2O2S/c1-7-9(6-12(15)18-7)13(16)8-3-4-11(17-2)10(14)5-8/h3-6H,1-2H3. The highest BCUT2D eigenvalue weighted by molar-refractivity contribution is 9.11. The fourth-order valence-electron chi connectivity index (χ4n) is 1.63. The summed E-state index contributed by atoms with van der Waals surface area (Å²) in [5.74, 6) is 0.743. The maximum Gasteiger partial charge on any atom is 0.194 e. The van der Waals surface area contributed by atoms with Crippen LogP contribution in [-0.4, -0.2) is 12.9 Å². The quantitative estimate of drug-likeness (QED) is 0.703. The van der Waals surface area contributed by atoms with E-state index < -0.39 is 0 Å². The molecule has 0 fully saturated rings. The molecule has 0 aliphatic heterocycles. The lowest BCUT2D eigenvalue weighted by atomic mass is 10.0. The zero-order chi connectivity index (χ0) is 13.3. The summed E-state index contributed by atoms with van der Waals surface area (Å²) in [4.78, 5) is 13.4. The van der Waals surface area contributed by atoms with Gasteiger partial charge in [0.15, 0.2) is 5.78 Å². The third-order valence-electron chi connectivity index (χ3n) is 2.55. The number of benzene rings is 1. The van der Waals surface area contributed by atoms with E-state index in [1.165, 1.54) is 0 Å². The second-order valence-electron chi connectivity index (χ2n) is 3.70. The Hall–Kier alpha value is -0.650. The van der Waals surface area contributed by atoms with Crippen LogP contribution in [0.4, 0.5) is 0 Å². The molecule has 0 aliphatic carbocycles. The zero-order valence-corrected chi connectivity index (χ0v) is 13.8. The van der Waals surface area contributed by atoms with Crippen LogP contribution in [0.1, 0.15) is 20.8 Å². The number of methoxy groups -OCH3 is 1. The van der Waals surface area contributed by atoms with E-state index >= 15 is 0 Å². The Balaban J connectivity index is 2.40. The van der Waals surface area contributed by atoms with Gasteiger partial charge < -0.3 is 4.74 Å². The number of thiophene rings is 1. The lowest BCUT2D eigenvalue weighted by Crippen LogP contribution is -2.01. The molecule has 0 atom stereocenters. The monoisotopic (exact) mass is 388 g/mol. The van der Waals surface area contributed by atoms with Crippen LogP contribution in [0.5, 0.6) is 5.75 Å². The Morgan fingerprint density at radius 3 is 2.50 bits per heavy atom. The molecule has 5 heteroatoms. The third-order valence-corrected chi connectivity index (χ3v) is 4.72. The smallest absolute Gasteiger partial charge is 0.194 e. The van der Waals surface area contributed by atoms with Gasteiger partial charge in [-0.1, -0.05) is 0 Å². The summed E-state index contributed by atoms with van der Waals surface area (Å²) in [5, 5.41) is 0. The normalized spacial score (nSPS) is 10.4. The minimum Gasteiger partial charge on any atom is -0.496 e. The maximum atomic E-state index is 12.4. The molecule has 2 aromatic rings. The number of rotatable bonds is 3. The van der Waals surface area contributed by atoms with Crippen molar-refractivity contribution in [1.29, 1.82) is 0 Å². The van der Waals surface area contributed by atoms with Crippen molar-refractivity contribution in [3.05, 3.63) is 48.5 Å². The van der Waals surface area contributed by atoms with E-state index in [9.17, 15) is 4.79 Å². The van der Waals surface area contributed by atoms with Crippen LogP contribution in [0.3, 0.4) is 0 Å². The molecule has 0 saturated heterocycles. The molecule has 1 aromatic carbocycles. The Morgan fingerprint density at radius 2 is 2.00 bits per heavy atom. The fraction of sp³-hybridized carbons (Fsp3) is 0.154. The molecule has 2 rings (SSSR count). The largest absolute Gasteiger partial charge is 0.496 e. The van der Waals surface area contributed by atoms with Crippen LogP contribution in [0.15, 0.2) is 32.5 Å². The molecule has 1 aromatic heterocycles. The first kappa shape index (κ1) is 13.8. The molecular weight excluding hydrogens is 380 g/mol. The Labute approximate surface area is 126 Å².